The van der Waals surface area contributed by atoms with E-state index in [1.807, 2.05) is 23.1 Å². The third kappa shape index (κ3) is 6.43. The molecule has 1 N–H and O–H groups in total. The summed E-state index contributed by atoms with van der Waals surface area (Å²) in [5, 5.41) is 3.01. The minimum atomic E-state index is 0.00933. The molecule has 1 aromatic rings. The number of hydrogen-bond acceptors (Lipinski definition) is 5. The van der Waals surface area contributed by atoms with E-state index in [2.05, 4.69) is 5.32 Å². The fourth-order valence-electron chi connectivity index (χ4n) is 3.21. The number of aryl methyl sites for hydroxylation is 1. The van der Waals surface area contributed by atoms with Gasteiger partial charge in [0, 0.05) is 39.1 Å². The number of rotatable bonds is 9. The van der Waals surface area contributed by atoms with Crippen molar-refractivity contribution < 1.29 is 23.8 Å². The van der Waals surface area contributed by atoms with E-state index in [9.17, 15) is 9.59 Å². The van der Waals surface area contributed by atoms with Crippen molar-refractivity contribution in [2.75, 3.05) is 41.0 Å². The van der Waals surface area contributed by atoms with Gasteiger partial charge in [-0.3, -0.25) is 9.59 Å². The average molecular weight is 378 g/mol. The van der Waals surface area contributed by atoms with Crippen molar-refractivity contribution in [3.05, 3.63) is 23.8 Å². The second kappa shape index (κ2) is 10.8. The summed E-state index contributed by atoms with van der Waals surface area (Å²) in [6.07, 6.45) is 3.08. The van der Waals surface area contributed by atoms with Crippen LogP contribution in [0.25, 0.3) is 0 Å². The molecule has 1 fully saturated rings. The number of piperidine rings is 1. The van der Waals surface area contributed by atoms with Crippen LogP contribution in [0.3, 0.4) is 0 Å². The fourth-order valence-corrected chi connectivity index (χ4v) is 3.21. The van der Waals surface area contributed by atoms with Crippen LogP contribution in [0, 0.1) is 0 Å². The number of carbonyl (C=O) groups excluding carboxylic acids is 2. The summed E-state index contributed by atoms with van der Waals surface area (Å²) in [7, 11) is 4.79. The van der Waals surface area contributed by atoms with Gasteiger partial charge in [-0.2, -0.15) is 0 Å². The van der Waals surface area contributed by atoms with E-state index in [1.165, 1.54) is 0 Å². The van der Waals surface area contributed by atoms with Crippen LogP contribution in [0.15, 0.2) is 18.2 Å². The molecule has 1 saturated heterocycles. The van der Waals surface area contributed by atoms with Crippen LogP contribution in [-0.4, -0.2) is 63.8 Å². The number of carbonyl (C=O) groups is 2. The highest BCUT2D eigenvalue weighted by Gasteiger charge is 2.23. The van der Waals surface area contributed by atoms with Gasteiger partial charge in [0.15, 0.2) is 11.5 Å². The summed E-state index contributed by atoms with van der Waals surface area (Å²) in [5.74, 6) is 1.51. The number of benzene rings is 1. The second-order valence-electron chi connectivity index (χ2n) is 6.65. The van der Waals surface area contributed by atoms with Crippen molar-refractivity contribution in [1.29, 1.82) is 0 Å². The van der Waals surface area contributed by atoms with Gasteiger partial charge in [0.1, 0.15) is 0 Å². The lowest BCUT2D eigenvalue weighted by molar-refractivity contribution is -0.132. The average Bonchev–Trinajstić information content (AvgIpc) is 2.70. The summed E-state index contributed by atoms with van der Waals surface area (Å²) < 4.78 is 15.5. The van der Waals surface area contributed by atoms with Gasteiger partial charge in [-0.05, 0) is 37.0 Å². The van der Waals surface area contributed by atoms with Crippen LogP contribution in [-0.2, 0) is 20.7 Å². The number of likely N-dealkylation sites (tertiary alicyclic amines) is 1. The van der Waals surface area contributed by atoms with E-state index in [4.69, 9.17) is 14.2 Å². The van der Waals surface area contributed by atoms with Gasteiger partial charge in [0.25, 0.3) is 0 Å². The van der Waals surface area contributed by atoms with E-state index >= 15 is 0 Å². The number of ether oxygens (including phenoxy) is 3. The van der Waals surface area contributed by atoms with Gasteiger partial charge < -0.3 is 24.4 Å². The van der Waals surface area contributed by atoms with E-state index in [1.54, 1.807) is 21.3 Å². The lowest BCUT2D eigenvalue weighted by Crippen LogP contribution is -2.46. The standard InChI is InChI=1S/C20H30N2O5/c1-25-13-10-19(23)21-16-8-11-22(12-9-16)20(24)7-5-15-4-6-17(26-2)18(14-15)27-3/h4,6,14,16H,5,7-13H2,1-3H3,(H,21,23). The molecule has 0 spiro atoms. The minimum absolute atomic E-state index is 0.00933. The van der Waals surface area contributed by atoms with Gasteiger partial charge in [0.2, 0.25) is 11.8 Å². The number of methoxy groups -OCH3 is 3. The zero-order chi connectivity index (χ0) is 19.6. The molecule has 0 saturated carbocycles. The molecule has 1 aliphatic heterocycles. The van der Waals surface area contributed by atoms with E-state index in [0.717, 1.165) is 18.4 Å². The van der Waals surface area contributed by atoms with Gasteiger partial charge in [-0.15, -0.1) is 0 Å². The Balaban J connectivity index is 1.75. The van der Waals surface area contributed by atoms with Crippen LogP contribution in [0.5, 0.6) is 11.5 Å². The second-order valence-corrected chi connectivity index (χ2v) is 6.65. The number of amides is 2. The molecule has 1 aliphatic rings. The third-order valence-corrected chi connectivity index (χ3v) is 4.82. The maximum absolute atomic E-state index is 12.5. The molecule has 7 nitrogen and oxygen atoms in total. The first-order valence-corrected chi connectivity index (χ1v) is 9.34. The normalized spacial score (nSPS) is 14.7. The van der Waals surface area contributed by atoms with Crippen molar-refractivity contribution >= 4 is 11.8 Å². The summed E-state index contributed by atoms with van der Waals surface area (Å²) in [5.41, 5.74) is 1.04. The SMILES string of the molecule is COCCC(=O)NC1CCN(C(=O)CCc2ccc(OC)c(OC)c2)CC1. The molecule has 0 radical (unpaired) electrons. The maximum atomic E-state index is 12.5. The molecule has 1 heterocycles. The third-order valence-electron chi connectivity index (χ3n) is 4.82. The fraction of sp³-hybridized carbons (Fsp3) is 0.600. The van der Waals surface area contributed by atoms with E-state index in [0.29, 0.717) is 50.5 Å². The zero-order valence-electron chi connectivity index (χ0n) is 16.5. The smallest absolute Gasteiger partial charge is 0.222 e. The van der Waals surface area contributed by atoms with Crippen molar-refractivity contribution in [2.24, 2.45) is 0 Å². The molecule has 1 aromatic carbocycles. The molecule has 2 amide bonds. The Morgan fingerprint density at radius 3 is 2.41 bits per heavy atom. The highest BCUT2D eigenvalue weighted by atomic mass is 16.5. The van der Waals surface area contributed by atoms with Crippen LogP contribution >= 0.6 is 0 Å². The van der Waals surface area contributed by atoms with Crippen LogP contribution in [0.4, 0.5) is 0 Å². The molecule has 7 heteroatoms. The molecule has 0 unspecified atom stereocenters. The predicted octanol–water partition coefficient (Wildman–Crippen LogP) is 1.78. The summed E-state index contributed by atoms with van der Waals surface area (Å²) in [6.45, 7) is 1.79. The van der Waals surface area contributed by atoms with Crippen molar-refractivity contribution in [2.45, 2.75) is 38.1 Å². The van der Waals surface area contributed by atoms with Crippen LogP contribution in [0.1, 0.15) is 31.2 Å². The molecule has 0 atom stereocenters. The lowest BCUT2D eigenvalue weighted by Gasteiger charge is -2.32. The molecule has 150 valence electrons. The molecular formula is C20H30N2O5. The van der Waals surface area contributed by atoms with Gasteiger partial charge in [0.05, 0.1) is 20.8 Å². The Morgan fingerprint density at radius 2 is 1.78 bits per heavy atom. The summed E-state index contributed by atoms with van der Waals surface area (Å²) >= 11 is 0. The van der Waals surface area contributed by atoms with Crippen molar-refractivity contribution in [3.63, 3.8) is 0 Å². The highest BCUT2D eigenvalue weighted by Crippen LogP contribution is 2.28. The largest absolute Gasteiger partial charge is 0.493 e. The molecule has 27 heavy (non-hydrogen) atoms. The molecule has 0 aliphatic carbocycles. The van der Waals surface area contributed by atoms with Crippen LogP contribution in [0.2, 0.25) is 0 Å². The summed E-state index contributed by atoms with van der Waals surface area (Å²) in [4.78, 5) is 26.1. The monoisotopic (exact) mass is 378 g/mol. The quantitative estimate of drug-likeness (QED) is 0.709. The first-order valence-electron chi connectivity index (χ1n) is 9.34. The predicted molar refractivity (Wildman–Crippen MR) is 102 cm³/mol. The topological polar surface area (TPSA) is 77.1 Å². The van der Waals surface area contributed by atoms with Crippen molar-refractivity contribution in [1.82, 2.24) is 10.2 Å². The summed E-state index contributed by atoms with van der Waals surface area (Å²) in [6, 6.07) is 5.87. The number of hydrogen-bond donors (Lipinski definition) is 1. The number of nitrogens with zero attached hydrogens (tertiary/aromatic N) is 1. The zero-order valence-corrected chi connectivity index (χ0v) is 16.5. The van der Waals surface area contributed by atoms with Crippen LogP contribution < -0.4 is 14.8 Å². The van der Waals surface area contributed by atoms with Gasteiger partial charge in [-0.1, -0.05) is 6.07 Å². The number of nitrogens with one attached hydrogen (secondary N) is 1. The van der Waals surface area contributed by atoms with Crippen molar-refractivity contribution in [3.8, 4) is 11.5 Å². The highest BCUT2D eigenvalue weighted by molar-refractivity contribution is 5.77. The Labute approximate surface area is 161 Å². The molecule has 0 aromatic heterocycles. The first-order chi connectivity index (χ1) is 13.1. The molecule has 0 bridgehead atoms. The van der Waals surface area contributed by atoms with E-state index in [-0.39, 0.29) is 17.9 Å². The minimum Gasteiger partial charge on any atom is -0.493 e. The lowest BCUT2D eigenvalue weighted by atomic mass is 10.0. The van der Waals surface area contributed by atoms with Gasteiger partial charge in [-0.25, -0.2) is 0 Å². The van der Waals surface area contributed by atoms with E-state index < -0.39 is 0 Å². The van der Waals surface area contributed by atoms with Gasteiger partial charge >= 0.3 is 0 Å². The Bertz CT molecular complexity index is 627. The Hall–Kier alpha value is -2.28. The Kier molecular flexibility index (Phi) is 8.39. The first kappa shape index (κ1) is 21.0. The maximum Gasteiger partial charge on any atom is 0.222 e. The molecular weight excluding hydrogens is 348 g/mol. The Morgan fingerprint density at radius 1 is 1.07 bits per heavy atom. The molecule has 2 rings (SSSR count).